The first-order chi connectivity index (χ1) is 13.6. The third-order valence-electron chi connectivity index (χ3n) is 3.51. The van der Waals surface area contributed by atoms with Crippen LogP contribution in [0.2, 0.25) is 0 Å². The normalized spacial score (nSPS) is 10.4. The van der Waals surface area contributed by atoms with Gasteiger partial charge in [0.15, 0.2) is 16.6 Å². The number of esters is 1. The van der Waals surface area contributed by atoms with E-state index >= 15 is 0 Å². The number of methoxy groups -OCH3 is 1. The molecule has 0 aliphatic carbocycles. The Labute approximate surface area is 169 Å². The van der Waals surface area contributed by atoms with E-state index in [4.69, 9.17) is 26.4 Å². The van der Waals surface area contributed by atoms with E-state index in [1.165, 1.54) is 0 Å². The maximum absolute atomic E-state index is 12.4. The monoisotopic (exact) mass is 401 g/mol. The summed E-state index contributed by atoms with van der Waals surface area (Å²) in [6.07, 6.45) is 1.60. The molecule has 0 fully saturated rings. The van der Waals surface area contributed by atoms with Crippen LogP contribution in [0.1, 0.15) is 29.8 Å². The molecule has 0 spiro atoms. The number of nitrogens with one attached hydrogen (secondary N) is 2. The molecule has 0 saturated heterocycles. The van der Waals surface area contributed by atoms with Gasteiger partial charge in [0, 0.05) is 6.54 Å². The molecule has 8 heteroatoms. The minimum Gasteiger partial charge on any atom is -0.497 e. The lowest BCUT2D eigenvalue weighted by atomic mass is 10.2. The summed E-state index contributed by atoms with van der Waals surface area (Å²) in [4.78, 5) is 12.4. The van der Waals surface area contributed by atoms with Gasteiger partial charge >= 0.3 is 5.97 Å². The maximum atomic E-state index is 12.4. The predicted molar refractivity (Wildman–Crippen MR) is 113 cm³/mol. The van der Waals surface area contributed by atoms with Crippen LogP contribution in [0.3, 0.4) is 0 Å². The third kappa shape index (κ3) is 6.24. The van der Waals surface area contributed by atoms with Gasteiger partial charge in [0.2, 0.25) is 0 Å². The number of ether oxygens (including phenoxy) is 3. The Morgan fingerprint density at radius 2 is 1.89 bits per heavy atom. The molecule has 0 aliphatic heterocycles. The Kier molecular flexibility index (Phi) is 8.23. The number of carbonyl (C=O) groups excluding carboxylic acids is 1. The predicted octanol–water partition coefficient (Wildman–Crippen LogP) is 3.13. The summed E-state index contributed by atoms with van der Waals surface area (Å²) >= 11 is 5.04. The van der Waals surface area contributed by atoms with Crippen molar-refractivity contribution in [2.75, 3.05) is 20.3 Å². The van der Waals surface area contributed by atoms with Gasteiger partial charge < -0.3 is 19.5 Å². The van der Waals surface area contributed by atoms with Crippen LogP contribution in [0, 0.1) is 0 Å². The Morgan fingerprint density at radius 1 is 1.14 bits per heavy atom. The van der Waals surface area contributed by atoms with E-state index < -0.39 is 5.97 Å². The number of hydrogen-bond donors (Lipinski definition) is 2. The zero-order valence-corrected chi connectivity index (χ0v) is 16.8. The molecule has 0 unspecified atom stereocenters. The van der Waals surface area contributed by atoms with Crippen molar-refractivity contribution in [1.82, 2.24) is 10.7 Å². The van der Waals surface area contributed by atoms with Gasteiger partial charge in [-0.1, -0.05) is 0 Å². The molecule has 0 saturated carbocycles. The lowest BCUT2D eigenvalue weighted by Crippen LogP contribution is -2.31. The summed E-state index contributed by atoms with van der Waals surface area (Å²) in [5.41, 5.74) is 3.89. The van der Waals surface area contributed by atoms with Crippen LogP contribution in [0.4, 0.5) is 0 Å². The van der Waals surface area contributed by atoms with Crippen LogP contribution in [-0.4, -0.2) is 37.6 Å². The Morgan fingerprint density at radius 3 is 2.54 bits per heavy atom. The maximum Gasteiger partial charge on any atom is 0.343 e. The molecule has 0 bridgehead atoms. The molecule has 148 valence electrons. The molecule has 2 rings (SSSR count). The van der Waals surface area contributed by atoms with Gasteiger partial charge in [0.25, 0.3) is 0 Å². The first-order valence-corrected chi connectivity index (χ1v) is 9.18. The lowest BCUT2D eigenvalue weighted by molar-refractivity contribution is 0.0728. The average Bonchev–Trinajstić information content (AvgIpc) is 2.70. The van der Waals surface area contributed by atoms with Crippen LogP contribution in [-0.2, 0) is 0 Å². The van der Waals surface area contributed by atoms with Crippen molar-refractivity contribution in [1.29, 1.82) is 0 Å². The highest BCUT2D eigenvalue weighted by molar-refractivity contribution is 7.80. The van der Waals surface area contributed by atoms with Crippen LogP contribution in [0.15, 0.2) is 47.6 Å². The topological polar surface area (TPSA) is 81.2 Å². The van der Waals surface area contributed by atoms with Crippen LogP contribution in [0.25, 0.3) is 0 Å². The summed E-state index contributed by atoms with van der Waals surface area (Å²) in [6, 6.07) is 11.8. The number of rotatable bonds is 8. The second-order valence-electron chi connectivity index (χ2n) is 5.49. The van der Waals surface area contributed by atoms with Gasteiger partial charge in [0.05, 0.1) is 25.5 Å². The first kappa shape index (κ1) is 21.2. The number of hydrogen-bond acceptors (Lipinski definition) is 6. The molecule has 28 heavy (non-hydrogen) atoms. The highest BCUT2D eigenvalue weighted by Crippen LogP contribution is 2.29. The number of benzene rings is 2. The van der Waals surface area contributed by atoms with Crippen molar-refractivity contribution >= 4 is 29.5 Å². The summed E-state index contributed by atoms with van der Waals surface area (Å²) in [5.74, 6) is 0.957. The number of carbonyl (C=O) groups is 1. The fraction of sp³-hybridized carbons (Fsp3) is 0.250. The van der Waals surface area contributed by atoms with E-state index in [1.54, 1.807) is 55.8 Å². The van der Waals surface area contributed by atoms with Gasteiger partial charge in [0.1, 0.15) is 5.75 Å². The smallest absolute Gasteiger partial charge is 0.343 e. The molecule has 7 nitrogen and oxygen atoms in total. The summed E-state index contributed by atoms with van der Waals surface area (Å²) in [7, 11) is 1.57. The van der Waals surface area contributed by atoms with Crippen molar-refractivity contribution in [3.8, 4) is 17.2 Å². The molecule has 0 radical (unpaired) electrons. The first-order valence-electron chi connectivity index (χ1n) is 8.77. The van der Waals surface area contributed by atoms with Crippen molar-refractivity contribution in [2.24, 2.45) is 5.10 Å². The Balaban J connectivity index is 2.11. The second kappa shape index (κ2) is 10.9. The molecular weight excluding hydrogens is 378 g/mol. The number of hydrazone groups is 1. The molecule has 0 aromatic heterocycles. The number of nitrogens with zero attached hydrogens (tertiary/aromatic N) is 1. The van der Waals surface area contributed by atoms with E-state index in [9.17, 15) is 4.79 Å². The summed E-state index contributed by atoms with van der Waals surface area (Å²) in [6.45, 7) is 4.94. The zero-order chi connectivity index (χ0) is 20.4. The highest BCUT2D eigenvalue weighted by Gasteiger charge is 2.13. The third-order valence-corrected chi connectivity index (χ3v) is 3.75. The molecule has 2 aromatic rings. The van der Waals surface area contributed by atoms with Crippen molar-refractivity contribution in [3.63, 3.8) is 0 Å². The zero-order valence-electron chi connectivity index (χ0n) is 16.0. The van der Waals surface area contributed by atoms with Crippen LogP contribution >= 0.6 is 12.2 Å². The molecule has 2 aromatic carbocycles. The molecule has 2 N–H and O–H groups in total. The van der Waals surface area contributed by atoms with E-state index in [1.807, 2.05) is 13.8 Å². The quantitative estimate of drug-likeness (QED) is 0.231. The largest absolute Gasteiger partial charge is 0.497 e. The van der Waals surface area contributed by atoms with Crippen molar-refractivity contribution in [3.05, 3.63) is 53.6 Å². The Hall–Kier alpha value is -3.13. The standard InChI is InChI=1S/C20H23N3O4S/c1-4-21-20(28)23-22-13-14-6-11-17(18(12-14)26-5-2)27-19(24)15-7-9-16(25-3)10-8-15/h6-13H,4-5H2,1-3H3,(H2,21,23,28). The van der Waals surface area contributed by atoms with Crippen LogP contribution < -0.4 is 25.0 Å². The highest BCUT2D eigenvalue weighted by atomic mass is 32.1. The molecule has 0 amide bonds. The van der Waals surface area contributed by atoms with Gasteiger partial charge in [-0.3, -0.25) is 5.43 Å². The van der Waals surface area contributed by atoms with E-state index in [0.29, 0.717) is 41.1 Å². The SMILES string of the molecule is CCNC(=S)NN=Cc1ccc(OC(=O)c2ccc(OC)cc2)c(OCC)c1. The molecular formula is C20H23N3O4S. The summed E-state index contributed by atoms with van der Waals surface area (Å²) < 4.78 is 16.2. The van der Waals surface area contributed by atoms with Crippen molar-refractivity contribution in [2.45, 2.75) is 13.8 Å². The molecule has 0 aliphatic rings. The van der Waals surface area contributed by atoms with Gasteiger partial charge in [-0.15, -0.1) is 0 Å². The van der Waals surface area contributed by atoms with Crippen LogP contribution in [0.5, 0.6) is 17.2 Å². The lowest BCUT2D eigenvalue weighted by Gasteiger charge is -2.11. The van der Waals surface area contributed by atoms with Gasteiger partial charge in [-0.05, 0) is 74.1 Å². The number of thiocarbonyl (C=S) groups is 1. The van der Waals surface area contributed by atoms with E-state index in [2.05, 4.69) is 15.8 Å². The minimum absolute atomic E-state index is 0.330. The molecule has 0 heterocycles. The fourth-order valence-electron chi connectivity index (χ4n) is 2.21. The fourth-order valence-corrected chi connectivity index (χ4v) is 2.41. The average molecular weight is 401 g/mol. The Bertz CT molecular complexity index is 838. The van der Waals surface area contributed by atoms with E-state index in [-0.39, 0.29) is 0 Å². The van der Waals surface area contributed by atoms with E-state index in [0.717, 1.165) is 5.56 Å². The summed E-state index contributed by atoms with van der Waals surface area (Å²) in [5, 5.41) is 7.43. The van der Waals surface area contributed by atoms with Crippen molar-refractivity contribution < 1.29 is 19.0 Å². The van der Waals surface area contributed by atoms with Gasteiger partial charge in [-0.2, -0.15) is 5.10 Å². The molecule has 0 atom stereocenters. The minimum atomic E-state index is -0.484. The van der Waals surface area contributed by atoms with Gasteiger partial charge in [-0.25, -0.2) is 4.79 Å². The second-order valence-corrected chi connectivity index (χ2v) is 5.89.